The number of rotatable bonds is 3. The third-order valence-corrected chi connectivity index (χ3v) is 2.60. The third-order valence-electron chi connectivity index (χ3n) is 2.36. The van der Waals surface area contributed by atoms with Gasteiger partial charge in [-0.3, -0.25) is 4.79 Å². The number of carbonyl (C=O) groups excluding carboxylic acids is 1. The zero-order chi connectivity index (χ0) is 13.1. The first kappa shape index (κ1) is 12.6. The molecule has 1 aromatic heterocycles. The minimum absolute atomic E-state index is 0.0727. The number of halogens is 1. The molecule has 1 aromatic carbocycles. The van der Waals surface area contributed by atoms with Crippen molar-refractivity contribution in [3.63, 3.8) is 0 Å². The van der Waals surface area contributed by atoms with Crippen LogP contribution in [0.15, 0.2) is 22.7 Å². The van der Waals surface area contributed by atoms with E-state index in [1.807, 2.05) is 13.0 Å². The van der Waals surface area contributed by atoms with Gasteiger partial charge in [0, 0.05) is 17.6 Å². The lowest BCUT2D eigenvalue weighted by Crippen LogP contribution is -2.15. The van der Waals surface area contributed by atoms with Crippen LogP contribution in [-0.4, -0.2) is 16.0 Å². The maximum absolute atomic E-state index is 11.8. The van der Waals surface area contributed by atoms with Gasteiger partial charge in [0.2, 0.25) is 11.8 Å². The number of nitrogens with one attached hydrogen (secondary N) is 1. The standard InChI is InChI=1S/C12H12ClN3O2/c1-7-3-4-9(13)5-10(7)15-12(17)6-11-14-8(2)18-16-11/h3-5H,6H2,1-2H3,(H,15,17). The summed E-state index contributed by atoms with van der Waals surface area (Å²) in [5.74, 6) is 0.600. The quantitative estimate of drug-likeness (QED) is 0.926. The number of benzene rings is 1. The summed E-state index contributed by atoms with van der Waals surface area (Å²) in [4.78, 5) is 15.7. The van der Waals surface area contributed by atoms with Crippen LogP contribution in [0.1, 0.15) is 17.3 Å². The van der Waals surface area contributed by atoms with Crippen LogP contribution < -0.4 is 5.32 Å². The predicted molar refractivity (Wildman–Crippen MR) is 67.6 cm³/mol. The van der Waals surface area contributed by atoms with E-state index in [2.05, 4.69) is 15.5 Å². The van der Waals surface area contributed by atoms with Gasteiger partial charge in [-0.05, 0) is 24.6 Å². The topological polar surface area (TPSA) is 68.0 Å². The zero-order valence-corrected chi connectivity index (χ0v) is 10.8. The predicted octanol–water partition coefficient (Wildman–Crippen LogP) is 2.52. The molecule has 1 heterocycles. The van der Waals surface area contributed by atoms with Crippen LogP contribution in [0.25, 0.3) is 0 Å². The number of amides is 1. The molecule has 0 saturated carbocycles. The molecule has 0 aliphatic carbocycles. The van der Waals surface area contributed by atoms with Gasteiger partial charge in [-0.2, -0.15) is 4.98 Å². The molecule has 2 rings (SSSR count). The number of nitrogens with zero attached hydrogens (tertiary/aromatic N) is 2. The summed E-state index contributed by atoms with van der Waals surface area (Å²) in [6.07, 6.45) is 0.0727. The molecule has 0 saturated heterocycles. The molecule has 0 aliphatic rings. The van der Waals surface area contributed by atoms with E-state index >= 15 is 0 Å². The molecular formula is C12H12ClN3O2. The molecule has 0 aliphatic heterocycles. The van der Waals surface area contributed by atoms with Crippen molar-refractivity contribution in [1.82, 2.24) is 10.1 Å². The van der Waals surface area contributed by atoms with Gasteiger partial charge in [-0.15, -0.1) is 0 Å². The van der Waals surface area contributed by atoms with Crippen molar-refractivity contribution in [3.8, 4) is 0 Å². The molecule has 1 amide bonds. The van der Waals surface area contributed by atoms with E-state index in [4.69, 9.17) is 16.1 Å². The highest BCUT2D eigenvalue weighted by molar-refractivity contribution is 6.31. The van der Waals surface area contributed by atoms with E-state index in [1.165, 1.54) is 0 Å². The number of carbonyl (C=O) groups is 1. The van der Waals surface area contributed by atoms with E-state index in [0.717, 1.165) is 5.56 Å². The van der Waals surface area contributed by atoms with Crippen LogP contribution in [0, 0.1) is 13.8 Å². The van der Waals surface area contributed by atoms with Gasteiger partial charge in [-0.1, -0.05) is 22.8 Å². The van der Waals surface area contributed by atoms with Crippen molar-refractivity contribution in [1.29, 1.82) is 0 Å². The van der Waals surface area contributed by atoms with Gasteiger partial charge >= 0.3 is 0 Å². The van der Waals surface area contributed by atoms with Crippen LogP contribution in [0.3, 0.4) is 0 Å². The lowest BCUT2D eigenvalue weighted by atomic mass is 10.2. The third kappa shape index (κ3) is 3.07. The number of hydrogen-bond donors (Lipinski definition) is 1. The molecule has 0 spiro atoms. The Kier molecular flexibility index (Phi) is 3.62. The van der Waals surface area contributed by atoms with Crippen LogP contribution in [0.4, 0.5) is 5.69 Å². The SMILES string of the molecule is Cc1nc(CC(=O)Nc2cc(Cl)ccc2C)no1. The minimum Gasteiger partial charge on any atom is -0.340 e. The second kappa shape index (κ2) is 5.18. The summed E-state index contributed by atoms with van der Waals surface area (Å²) in [5.41, 5.74) is 1.63. The Morgan fingerprint density at radius 3 is 2.89 bits per heavy atom. The fraction of sp³-hybridized carbons (Fsp3) is 0.250. The maximum Gasteiger partial charge on any atom is 0.232 e. The van der Waals surface area contributed by atoms with Crippen LogP contribution in [0.2, 0.25) is 5.02 Å². The monoisotopic (exact) mass is 265 g/mol. The Hall–Kier alpha value is -1.88. The number of aryl methyl sites for hydroxylation is 2. The summed E-state index contributed by atoms with van der Waals surface area (Å²) in [7, 11) is 0. The normalized spacial score (nSPS) is 10.4. The highest BCUT2D eigenvalue weighted by atomic mass is 35.5. The fourth-order valence-corrected chi connectivity index (χ4v) is 1.65. The smallest absolute Gasteiger partial charge is 0.232 e. The Bertz CT molecular complexity index is 580. The Morgan fingerprint density at radius 2 is 2.22 bits per heavy atom. The molecule has 0 atom stereocenters. The second-order valence-corrected chi connectivity index (χ2v) is 4.35. The largest absolute Gasteiger partial charge is 0.340 e. The van der Waals surface area contributed by atoms with Crippen molar-refractivity contribution >= 4 is 23.2 Å². The maximum atomic E-state index is 11.8. The first-order valence-corrected chi connectivity index (χ1v) is 5.77. The van der Waals surface area contributed by atoms with Crippen LogP contribution in [-0.2, 0) is 11.2 Å². The van der Waals surface area contributed by atoms with Crippen LogP contribution in [0.5, 0.6) is 0 Å². The second-order valence-electron chi connectivity index (χ2n) is 3.91. The van der Waals surface area contributed by atoms with Gasteiger partial charge < -0.3 is 9.84 Å². The Balaban J connectivity index is 2.05. The van der Waals surface area contributed by atoms with Crippen molar-refractivity contribution in [3.05, 3.63) is 40.5 Å². The van der Waals surface area contributed by atoms with Crippen LogP contribution >= 0.6 is 11.6 Å². The van der Waals surface area contributed by atoms with Crippen molar-refractivity contribution < 1.29 is 9.32 Å². The molecule has 1 N–H and O–H groups in total. The number of hydrogen-bond acceptors (Lipinski definition) is 4. The molecule has 0 bridgehead atoms. The van der Waals surface area contributed by atoms with E-state index in [0.29, 0.717) is 22.4 Å². The molecule has 2 aromatic rings. The van der Waals surface area contributed by atoms with Gasteiger partial charge in [-0.25, -0.2) is 0 Å². The summed E-state index contributed by atoms with van der Waals surface area (Å²) >= 11 is 5.87. The van der Waals surface area contributed by atoms with Gasteiger partial charge in [0.05, 0.1) is 6.42 Å². The summed E-state index contributed by atoms with van der Waals surface area (Å²) in [6, 6.07) is 5.32. The molecule has 0 fully saturated rings. The molecule has 18 heavy (non-hydrogen) atoms. The van der Waals surface area contributed by atoms with Crippen molar-refractivity contribution in [2.24, 2.45) is 0 Å². The van der Waals surface area contributed by atoms with Crippen molar-refractivity contribution in [2.75, 3.05) is 5.32 Å². The van der Waals surface area contributed by atoms with E-state index in [-0.39, 0.29) is 12.3 Å². The average Bonchev–Trinajstić information content (AvgIpc) is 2.69. The van der Waals surface area contributed by atoms with Crippen molar-refractivity contribution in [2.45, 2.75) is 20.3 Å². The first-order chi connectivity index (χ1) is 8.54. The average molecular weight is 266 g/mol. The number of aromatic nitrogens is 2. The molecule has 0 radical (unpaired) electrons. The van der Waals surface area contributed by atoms with E-state index in [9.17, 15) is 4.79 Å². The highest BCUT2D eigenvalue weighted by Crippen LogP contribution is 2.20. The first-order valence-electron chi connectivity index (χ1n) is 5.40. The van der Waals surface area contributed by atoms with Gasteiger partial charge in [0.25, 0.3) is 0 Å². The molecular weight excluding hydrogens is 254 g/mol. The highest BCUT2D eigenvalue weighted by Gasteiger charge is 2.10. The molecule has 6 heteroatoms. The Morgan fingerprint density at radius 1 is 1.44 bits per heavy atom. The molecule has 5 nitrogen and oxygen atoms in total. The fourth-order valence-electron chi connectivity index (χ4n) is 1.48. The lowest BCUT2D eigenvalue weighted by molar-refractivity contribution is -0.115. The summed E-state index contributed by atoms with van der Waals surface area (Å²) in [6.45, 7) is 3.57. The number of anilines is 1. The molecule has 0 unspecified atom stereocenters. The summed E-state index contributed by atoms with van der Waals surface area (Å²) < 4.78 is 4.80. The van der Waals surface area contributed by atoms with Gasteiger partial charge in [0.1, 0.15) is 0 Å². The van der Waals surface area contributed by atoms with E-state index in [1.54, 1.807) is 19.1 Å². The lowest BCUT2D eigenvalue weighted by Gasteiger charge is -2.07. The van der Waals surface area contributed by atoms with Gasteiger partial charge in [0.15, 0.2) is 5.82 Å². The summed E-state index contributed by atoms with van der Waals surface area (Å²) in [5, 5.41) is 7.00. The zero-order valence-electron chi connectivity index (χ0n) is 10.0. The Labute approximate surface area is 109 Å². The van der Waals surface area contributed by atoms with E-state index < -0.39 is 0 Å². The minimum atomic E-state index is -0.207. The molecule has 94 valence electrons.